The van der Waals surface area contributed by atoms with Gasteiger partial charge in [-0.15, -0.1) is 0 Å². The second-order valence-electron chi connectivity index (χ2n) is 4.89. The monoisotopic (exact) mass is 242 g/mol. The molecule has 0 radical (unpaired) electrons. The van der Waals surface area contributed by atoms with Crippen LogP contribution in [0.3, 0.4) is 0 Å². The van der Waals surface area contributed by atoms with E-state index < -0.39 is 0 Å². The van der Waals surface area contributed by atoms with E-state index in [9.17, 15) is 9.59 Å². The zero-order chi connectivity index (χ0) is 12.9. The van der Waals surface area contributed by atoms with Crippen molar-refractivity contribution in [3.63, 3.8) is 0 Å². The van der Waals surface area contributed by atoms with Gasteiger partial charge >= 0.3 is 0 Å². The van der Waals surface area contributed by atoms with Gasteiger partial charge in [-0.1, -0.05) is 24.3 Å². The highest BCUT2D eigenvalue weighted by Gasteiger charge is 2.38. The Morgan fingerprint density at radius 3 is 2.33 bits per heavy atom. The van der Waals surface area contributed by atoms with Crippen molar-refractivity contribution in [1.29, 1.82) is 0 Å². The lowest BCUT2D eigenvalue weighted by Crippen LogP contribution is -2.36. The van der Waals surface area contributed by atoms with Crippen molar-refractivity contribution in [2.24, 2.45) is 0 Å². The second kappa shape index (κ2) is 3.89. The molecule has 1 aromatic rings. The minimum Gasteiger partial charge on any atom is -0.370 e. The number of carbonyl (C=O) groups excluding carboxylic acids is 2. The van der Waals surface area contributed by atoms with E-state index in [4.69, 9.17) is 4.74 Å². The van der Waals surface area contributed by atoms with Crippen LogP contribution in [0.15, 0.2) is 35.4 Å². The molecule has 0 N–H and O–H groups in total. The predicted molar refractivity (Wildman–Crippen MR) is 66.8 cm³/mol. The summed E-state index contributed by atoms with van der Waals surface area (Å²) in [7, 11) is 0. The van der Waals surface area contributed by atoms with Gasteiger partial charge in [-0.05, 0) is 13.8 Å². The van der Waals surface area contributed by atoms with Crippen molar-refractivity contribution < 1.29 is 14.3 Å². The van der Waals surface area contributed by atoms with Gasteiger partial charge in [0.05, 0.1) is 12.2 Å². The Balaban J connectivity index is 2.20. The first-order valence-electron chi connectivity index (χ1n) is 6.16. The highest BCUT2D eigenvalue weighted by Crippen LogP contribution is 2.35. The van der Waals surface area contributed by atoms with E-state index in [1.807, 2.05) is 13.8 Å². The molecule has 3 heteroatoms. The largest absolute Gasteiger partial charge is 0.370 e. The van der Waals surface area contributed by atoms with Gasteiger partial charge in [-0.25, -0.2) is 0 Å². The number of rotatable bonds is 0. The molecule has 2 atom stereocenters. The molecule has 0 fully saturated rings. The Kier molecular flexibility index (Phi) is 2.45. The lowest BCUT2D eigenvalue weighted by molar-refractivity contribution is 0.0149. The Labute approximate surface area is 105 Å². The fourth-order valence-electron chi connectivity index (χ4n) is 2.83. The van der Waals surface area contributed by atoms with Crippen LogP contribution in [0.4, 0.5) is 0 Å². The molecular weight excluding hydrogens is 228 g/mol. The van der Waals surface area contributed by atoms with E-state index in [1.165, 1.54) is 0 Å². The summed E-state index contributed by atoms with van der Waals surface area (Å²) in [6.45, 7) is 3.77. The standard InChI is InChI=1S/C15H14O3/c1-8-7-12-13(9(2)18-8)15(17)11-6-4-3-5-10(11)14(12)16/h3-6,8-9H,7H2,1-2H3/t8-,9+/m0/s1. The molecule has 3 rings (SSSR count). The molecule has 0 saturated heterocycles. The Morgan fingerprint density at radius 2 is 1.67 bits per heavy atom. The Bertz CT molecular complexity index is 583. The molecular formula is C15H14O3. The first kappa shape index (κ1) is 11.4. The maximum Gasteiger partial charge on any atom is 0.192 e. The highest BCUT2D eigenvalue weighted by molar-refractivity contribution is 6.27. The number of ether oxygens (including phenoxy) is 1. The van der Waals surface area contributed by atoms with Gasteiger partial charge in [0.15, 0.2) is 11.6 Å². The van der Waals surface area contributed by atoms with Crippen molar-refractivity contribution in [2.75, 3.05) is 0 Å². The topological polar surface area (TPSA) is 43.4 Å². The number of benzene rings is 1. The van der Waals surface area contributed by atoms with Crippen molar-refractivity contribution in [1.82, 2.24) is 0 Å². The zero-order valence-corrected chi connectivity index (χ0v) is 10.4. The van der Waals surface area contributed by atoms with Gasteiger partial charge in [0.1, 0.15) is 0 Å². The summed E-state index contributed by atoms with van der Waals surface area (Å²) in [6.07, 6.45) is 0.216. The molecule has 0 unspecified atom stereocenters. The number of hydrogen-bond acceptors (Lipinski definition) is 3. The molecule has 3 nitrogen and oxygen atoms in total. The Hall–Kier alpha value is -1.74. The minimum absolute atomic E-state index is 0.0119. The van der Waals surface area contributed by atoms with Crippen LogP contribution in [0.25, 0.3) is 0 Å². The fraction of sp³-hybridized carbons (Fsp3) is 0.333. The van der Waals surface area contributed by atoms with Crippen molar-refractivity contribution in [3.05, 3.63) is 46.5 Å². The lowest BCUT2D eigenvalue weighted by Gasteiger charge is -2.32. The van der Waals surface area contributed by atoms with Gasteiger partial charge in [0.25, 0.3) is 0 Å². The normalized spacial score (nSPS) is 27.0. The first-order chi connectivity index (χ1) is 8.59. The van der Waals surface area contributed by atoms with Gasteiger partial charge in [0.2, 0.25) is 0 Å². The molecule has 1 aliphatic heterocycles. The molecule has 1 aromatic carbocycles. The van der Waals surface area contributed by atoms with Crippen LogP contribution in [0.2, 0.25) is 0 Å². The van der Waals surface area contributed by atoms with Crippen molar-refractivity contribution in [3.8, 4) is 0 Å². The molecule has 0 saturated carbocycles. The number of ketones is 2. The quantitative estimate of drug-likeness (QED) is 0.702. The highest BCUT2D eigenvalue weighted by atomic mass is 16.5. The molecule has 0 spiro atoms. The summed E-state index contributed by atoms with van der Waals surface area (Å²) in [5, 5.41) is 0. The third-order valence-electron chi connectivity index (χ3n) is 3.59. The lowest BCUT2D eigenvalue weighted by atomic mass is 9.79. The van der Waals surface area contributed by atoms with Crippen molar-refractivity contribution >= 4 is 11.6 Å². The number of Topliss-reactive ketones (excluding diaryl/α,β-unsaturated/α-hetero) is 2. The molecule has 0 aromatic heterocycles. The summed E-state index contributed by atoms with van der Waals surface area (Å²) in [4.78, 5) is 24.8. The zero-order valence-electron chi connectivity index (χ0n) is 10.4. The minimum atomic E-state index is -0.298. The fourth-order valence-corrected chi connectivity index (χ4v) is 2.83. The molecule has 0 bridgehead atoms. The van der Waals surface area contributed by atoms with Crippen LogP contribution in [0.5, 0.6) is 0 Å². The van der Waals surface area contributed by atoms with Crippen LogP contribution in [0.1, 0.15) is 41.0 Å². The van der Waals surface area contributed by atoms with E-state index in [0.29, 0.717) is 28.7 Å². The summed E-state index contributed by atoms with van der Waals surface area (Å²) in [5.74, 6) is -0.0678. The van der Waals surface area contributed by atoms with Crippen LogP contribution < -0.4 is 0 Å². The first-order valence-corrected chi connectivity index (χ1v) is 6.16. The number of carbonyl (C=O) groups is 2. The average molecular weight is 242 g/mol. The van der Waals surface area contributed by atoms with Gasteiger partial charge in [-0.2, -0.15) is 0 Å². The SMILES string of the molecule is C[C@H]1CC2=C(C(=O)c3ccccc3C2=O)[C@@H](C)O1. The summed E-state index contributed by atoms with van der Waals surface area (Å²) in [6, 6.07) is 7.02. The predicted octanol–water partition coefficient (Wildman–Crippen LogP) is 2.56. The maximum atomic E-state index is 12.4. The summed E-state index contributed by atoms with van der Waals surface area (Å²) in [5.41, 5.74) is 2.23. The number of hydrogen-bond donors (Lipinski definition) is 0. The summed E-state index contributed by atoms with van der Waals surface area (Å²) >= 11 is 0. The van der Waals surface area contributed by atoms with Crippen LogP contribution >= 0.6 is 0 Å². The van der Waals surface area contributed by atoms with E-state index >= 15 is 0 Å². The maximum absolute atomic E-state index is 12.4. The third kappa shape index (κ3) is 1.47. The average Bonchev–Trinajstić information content (AvgIpc) is 2.35. The van der Waals surface area contributed by atoms with E-state index in [2.05, 4.69) is 0 Å². The van der Waals surface area contributed by atoms with Crippen LogP contribution in [-0.4, -0.2) is 23.8 Å². The van der Waals surface area contributed by atoms with Crippen molar-refractivity contribution in [2.45, 2.75) is 32.5 Å². The van der Waals surface area contributed by atoms with Gasteiger partial charge in [0, 0.05) is 28.7 Å². The molecule has 0 amide bonds. The van der Waals surface area contributed by atoms with Gasteiger partial charge in [-0.3, -0.25) is 9.59 Å². The van der Waals surface area contributed by atoms with Crippen LogP contribution in [0, 0.1) is 0 Å². The molecule has 92 valence electrons. The van der Waals surface area contributed by atoms with Crippen LogP contribution in [-0.2, 0) is 4.74 Å². The smallest absolute Gasteiger partial charge is 0.192 e. The molecule has 1 aliphatic carbocycles. The Morgan fingerprint density at radius 1 is 1.06 bits per heavy atom. The molecule has 1 heterocycles. The third-order valence-corrected chi connectivity index (χ3v) is 3.59. The van der Waals surface area contributed by atoms with Gasteiger partial charge < -0.3 is 4.74 Å². The number of fused-ring (bicyclic) bond motifs is 1. The molecule has 2 aliphatic rings. The summed E-state index contributed by atoms with van der Waals surface area (Å²) < 4.78 is 5.66. The molecule has 18 heavy (non-hydrogen) atoms. The second-order valence-corrected chi connectivity index (χ2v) is 4.89. The van der Waals surface area contributed by atoms with E-state index in [-0.39, 0.29) is 23.8 Å². The van der Waals surface area contributed by atoms with E-state index in [0.717, 1.165) is 0 Å². The van der Waals surface area contributed by atoms with E-state index in [1.54, 1.807) is 24.3 Å².